The maximum Gasteiger partial charge on any atom is 0.306 e. The second kappa shape index (κ2) is 43.4. The third-order valence-electron chi connectivity index (χ3n) is 11.5. The van der Waals surface area contributed by atoms with Crippen LogP contribution in [0.4, 0.5) is 0 Å². The molecule has 1 fully saturated rings. The Labute approximate surface area is 373 Å². The standard InChI is InChI=1S/C52H94O9/c1-3-5-7-9-11-13-15-17-19-21-22-23-24-25-26-28-30-32-34-36-38-40-42-58-44-46(45-59-52-51(57)50(56)49(55)47(43-53)61-52)60-48(54)41-39-37-35-33-31-29-27-20-18-16-14-12-10-8-6-4-2/h5,7,11,13,17,19,22-23,46-47,49-53,55-57H,3-4,6,8-10,12,14-16,18,20-21,24-45H2,1-2H3/b7-5-,13-11-,19-17-,23-22-. The van der Waals surface area contributed by atoms with Crippen LogP contribution >= 0.6 is 0 Å². The summed E-state index contributed by atoms with van der Waals surface area (Å²) in [7, 11) is 0. The van der Waals surface area contributed by atoms with Crippen LogP contribution in [0.25, 0.3) is 0 Å². The van der Waals surface area contributed by atoms with Gasteiger partial charge >= 0.3 is 5.97 Å². The van der Waals surface area contributed by atoms with E-state index in [0.717, 1.165) is 64.2 Å². The number of ether oxygens (including phenoxy) is 4. The van der Waals surface area contributed by atoms with Crippen LogP contribution in [-0.2, 0) is 23.7 Å². The Bertz CT molecular complexity index is 1070. The summed E-state index contributed by atoms with van der Waals surface area (Å²) in [6, 6.07) is 0. The Hall–Kier alpha value is -1.85. The molecule has 61 heavy (non-hydrogen) atoms. The molecule has 0 radical (unpaired) electrons. The van der Waals surface area contributed by atoms with Crippen molar-refractivity contribution in [3.8, 4) is 0 Å². The molecule has 0 aliphatic carbocycles. The van der Waals surface area contributed by atoms with Crippen LogP contribution in [-0.4, -0.2) is 89.6 Å². The maximum absolute atomic E-state index is 12.8. The summed E-state index contributed by atoms with van der Waals surface area (Å²) in [5, 5.41) is 40.2. The lowest BCUT2D eigenvalue weighted by atomic mass is 9.99. The van der Waals surface area contributed by atoms with E-state index in [0.29, 0.717) is 13.0 Å². The zero-order valence-electron chi connectivity index (χ0n) is 39.2. The molecular weight excluding hydrogens is 769 g/mol. The number of aliphatic hydroxyl groups excluding tert-OH is 4. The van der Waals surface area contributed by atoms with E-state index in [2.05, 4.69) is 62.5 Å². The molecule has 6 unspecified atom stereocenters. The van der Waals surface area contributed by atoms with Gasteiger partial charge in [0.25, 0.3) is 0 Å². The van der Waals surface area contributed by atoms with E-state index in [-0.39, 0.29) is 19.2 Å². The van der Waals surface area contributed by atoms with Gasteiger partial charge in [0.05, 0.1) is 19.8 Å². The summed E-state index contributed by atoms with van der Waals surface area (Å²) in [4.78, 5) is 12.8. The van der Waals surface area contributed by atoms with Gasteiger partial charge in [0.1, 0.15) is 30.5 Å². The number of rotatable bonds is 43. The lowest BCUT2D eigenvalue weighted by Gasteiger charge is -2.39. The van der Waals surface area contributed by atoms with E-state index in [1.807, 2.05) is 0 Å². The van der Waals surface area contributed by atoms with Crippen LogP contribution in [0.1, 0.15) is 213 Å². The van der Waals surface area contributed by atoms with Gasteiger partial charge in [0.2, 0.25) is 0 Å². The van der Waals surface area contributed by atoms with Crippen molar-refractivity contribution in [1.29, 1.82) is 0 Å². The molecule has 1 saturated heterocycles. The molecule has 1 aliphatic heterocycles. The smallest absolute Gasteiger partial charge is 0.306 e. The highest BCUT2D eigenvalue weighted by atomic mass is 16.7. The summed E-state index contributed by atoms with van der Waals surface area (Å²) < 4.78 is 22.9. The van der Waals surface area contributed by atoms with Crippen molar-refractivity contribution in [2.45, 2.75) is 250 Å². The van der Waals surface area contributed by atoms with Gasteiger partial charge in [-0.25, -0.2) is 0 Å². The third kappa shape index (κ3) is 34.3. The first-order chi connectivity index (χ1) is 29.9. The van der Waals surface area contributed by atoms with Crippen molar-refractivity contribution in [3.63, 3.8) is 0 Å². The molecule has 0 aromatic carbocycles. The first kappa shape index (κ1) is 57.2. The second-order valence-electron chi connectivity index (χ2n) is 17.2. The van der Waals surface area contributed by atoms with Gasteiger partial charge in [-0.05, 0) is 51.4 Å². The van der Waals surface area contributed by atoms with Gasteiger partial charge in [-0.3, -0.25) is 4.79 Å². The fourth-order valence-electron chi connectivity index (χ4n) is 7.60. The fourth-order valence-corrected chi connectivity index (χ4v) is 7.60. The van der Waals surface area contributed by atoms with Crippen molar-refractivity contribution in [2.24, 2.45) is 0 Å². The molecule has 1 rings (SSSR count). The molecule has 9 nitrogen and oxygen atoms in total. The SMILES string of the molecule is CC/C=C\C/C=C\C/C=C\C/C=C\CCCCCCCCCCCOCC(COC1OC(CO)C(O)C(O)C1O)OC(=O)CCCCCCCCCCCCCCCCCC. The number of hydrogen-bond acceptors (Lipinski definition) is 9. The van der Waals surface area contributed by atoms with Gasteiger partial charge in [0, 0.05) is 13.0 Å². The van der Waals surface area contributed by atoms with Crippen LogP contribution in [0.2, 0.25) is 0 Å². The van der Waals surface area contributed by atoms with E-state index >= 15 is 0 Å². The molecule has 4 N–H and O–H groups in total. The van der Waals surface area contributed by atoms with Crippen LogP contribution in [0.5, 0.6) is 0 Å². The largest absolute Gasteiger partial charge is 0.457 e. The Kier molecular flexibility index (Phi) is 40.7. The lowest BCUT2D eigenvalue weighted by molar-refractivity contribution is -0.305. The molecular formula is C52H94O9. The fraction of sp³-hybridized carbons (Fsp3) is 0.827. The van der Waals surface area contributed by atoms with Crippen molar-refractivity contribution in [1.82, 2.24) is 0 Å². The number of allylic oxidation sites excluding steroid dienone is 8. The first-order valence-electron chi connectivity index (χ1n) is 25.2. The van der Waals surface area contributed by atoms with Crippen molar-refractivity contribution in [2.75, 3.05) is 26.4 Å². The zero-order valence-corrected chi connectivity index (χ0v) is 39.2. The van der Waals surface area contributed by atoms with Gasteiger partial charge in [-0.1, -0.05) is 204 Å². The molecule has 0 aromatic heterocycles. The summed E-state index contributed by atoms with van der Waals surface area (Å²) >= 11 is 0. The van der Waals surface area contributed by atoms with Crippen LogP contribution in [0.3, 0.4) is 0 Å². The summed E-state index contributed by atoms with van der Waals surface area (Å²) in [6.07, 6.45) is 47.1. The quantitative estimate of drug-likeness (QED) is 0.0268. The number of esters is 1. The number of carbonyl (C=O) groups is 1. The number of carbonyl (C=O) groups excluding carboxylic acids is 1. The molecule has 0 amide bonds. The maximum atomic E-state index is 12.8. The van der Waals surface area contributed by atoms with E-state index in [1.165, 1.54) is 128 Å². The highest BCUT2D eigenvalue weighted by Crippen LogP contribution is 2.23. The van der Waals surface area contributed by atoms with Crippen molar-refractivity contribution < 1.29 is 44.2 Å². The predicted molar refractivity (Wildman–Crippen MR) is 251 cm³/mol. The molecule has 0 saturated carbocycles. The molecule has 356 valence electrons. The highest BCUT2D eigenvalue weighted by molar-refractivity contribution is 5.69. The molecule has 0 aromatic rings. The lowest BCUT2D eigenvalue weighted by Crippen LogP contribution is -2.59. The highest BCUT2D eigenvalue weighted by Gasteiger charge is 2.44. The Morgan fingerprint density at radius 2 is 1.00 bits per heavy atom. The topological polar surface area (TPSA) is 135 Å². The number of hydrogen-bond donors (Lipinski definition) is 4. The summed E-state index contributed by atoms with van der Waals surface area (Å²) in [5.41, 5.74) is 0. The van der Waals surface area contributed by atoms with E-state index in [1.54, 1.807) is 0 Å². The van der Waals surface area contributed by atoms with Crippen molar-refractivity contribution in [3.05, 3.63) is 48.6 Å². The minimum absolute atomic E-state index is 0.114. The minimum atomic E-state index is -1.54. The van der Waals surface area contributed by atoms with Gasteiger partial charge in [0.15, 0.2) is 6.29 Å². The molecule has 9 heteroatoms. The minimum Gasteiger partial charge on any atom is -0.457 e. The first-order valence-corrected chi connectivity index (χ1v) is 25.2. The van der Waals surface area contributed by atoms with E-state index < -0.39 is 43.4 Å². The van der Waals surface area contributed by atoms with E-state index in [9.17, 15) is 25.2 Å². The molecule has 0 bridgehead atoms. The Morgan fingerprint density at radius 3 is 1.51 bits per heavy atom. The molecule has 6 atom stereocenters. The summed E-state index contributed by atoms with van der Waals surface area (Å²) in [6.45, 7) is 4.46. The van der Waals surface area contributed by atoms with Crippen LogP contribution in [0.15, 0.2) is 48.6 Å². The zero-order chi connectivity index (χ0) is 44.3. The predicted octanol–water partition coefficient (Wildman–Crippen LogP) is 12.1. The average molecular weight is 863 g/mol. The molecule has 0 spiro atoms. The van der Waals surface area contributed by atoms with Gasteiger partial charge in [-0.2, -0.15) is 0 Å². The monoisotopic (exact) mass is 863 g/mol. The second-order valence-corrected chi connectivity index (χ2v) is 17.2. The van der Waals surface area contributed by atoms with Gasteiger partial charge in [-0.15, -0.1) is 0 Å². The average Bonchev–Trinajstić information content (AvgIpc) is 3.26. The normalized spacial score (nSPS) is 20.3. The third-order valence-corrected chi connectivity index (χ3v) is 11.5. The number of aliphatic hydroxyl groups is 4. The van der Waals surface area contributed by atoms with E-state index in [4.69, 9.17) is 18.9 Å². The van der Waals surface area contributed by atoms with Crippen LogP contribution in [0, 0.1) is 0 Å². The molecule has 1 heterocycles. The van der Waals surface area contributed by atoms with Crippen molar-refractivity contribution >= 4 is 5.97 Å². The number of unbranched alkanes of at least 4 members (excludes halogenated alkanes) is 24. The molecule has 1 aliphatic rings. The summed E-state index contributed by atoms with van der Waals surface area (Å²) in [5.74, 6) is -0.314. The van der Waals surface area contributed by atoms with Crippen LogP contribution < -0.4 is 0 Å². The Balaban J connectivity index is 2.21. The Morgan fingerprint density at radius 1 is 0.541 bits per heavy atom. The van der Waals surface area contributed by atoms with Gasteiger partial charge < -0.3 is 39.4 Å².